The Kier molecular flexibility index (Phi) is 3.79. The number of benzene rings is 1. The lowest BCUT2D eigenvalue weighted by Crippen LogP contribution is -1.97. The molecule has 0 saturated carbocycles. The van der Waals surface area contributed by atoms with Crippen LogP contribution in [0.3, 0.4) is 0 Å². The van der Waals surface area contributed by atoms with E-state index in [0.717, 1.165) is 6.26 Å². The van der Waals surface area contributed by atoms with Crippen molar-refractivity contribution in [3.63, 3.8) is 0 Å². The van der Waals surface area contributed by atoms with Crippen LogP contribution in [0.4, 0.5) is 0 Å². The molecule has 1 N–H and O–H groups in total. The summed E-state index contributed by atoms with van der Waals surface area (Å²) in [6, 6.07) is 3.25. The lowest BCUT2D eigenvalue weighted by atomic mass is 10.2. The highest BCUT2D eigenvalue weighted by Crippen LogP contribution is 2.40. The van der Waals surface area contributed by atoms with Crippen LogP contribution in [0, 0.1) is 0 Å². The predicted molar refractivity (Wildman–Crippen MR) is 68.6 cm³/mol. The molecule has 1 heterocycles. The number of nitrogens with zero attached hydrogens (tertiary/aromatic N) is 1. The average Bonchev–Trinajstić information content (AvgIpc) is 2.95. The van der Waals surface area contributed by atoms with Crippen molar-refractivity contribution in [3.8, 4) is 28.7 Å². The molecule has 0 saturated heterocycles. The van der Waals surface area contributed by atoms with Crippen LogP contribution in [0.15, 0.2) is 22.8 Å². The van der Waals surface area contributed by atoms with Gasteiger partial charge in [-0.3, -0.25) is 0 Å². The molecule has 0 fully saturated rings. The summed E-state index contributed by atoms with van der Waals surface area (Å²) >= 11 is 0. The molecule has 2 rings (SSSR count). The van der Waals surface area contributed by atoms with E-state index in [4.69, 9.17) is 23.7 Å². The molecule has 0 unspecified atom stereocenters. The van der Waals surface area contributed by atoms with E-state index >= 15 is 0 Å². The normalized spacial score (nSPS) is 10.2. The fourth-order valence-corrected chi connectivity index (χ4v) is 1.71. The molecular weight excluding hydrogens is 266 g/mol. The maximum absolute atomic E-state index is 10.8. The molecule has 20 heavy (non-hydrogen) atoms. The molecule has 106 valence electrons. The van der Waals surface area contributed by atoms with E-state index in [1.165, 1.54) is 21.3 Å². The second kappa shape index (κ2) is 5.52. The number of rotatable bonds is 5. The fraction of sp³-hybridized carbons (Fsp3) is 0.231. The van der Waals surface area contributed by atoms with Crippen molar-refractivity contribution in [2.45, 2.75) is 0 Å². The zero-order valence-electron chi connectivity index (χ0n) is 11.2. The van der Waals surface area contributed by atoms with E-state index in [1.807, 2.05) is 0 Å². The first-order chi connectivity index (χ1) is 9.60. The van der Waals surface area contributed by atoms with Crippen molar-refractivity contribution in [3.05, 3.63) is 24.1 Å². The standard InChI is InChI=1S/C13H13NO6/c1-17-9-4-7(5-10(18-2)11(9)19-3)12-14-8(6-20-12)13(15)16/h4-6H,1-3H3,(H,15,16). The van der Waals surface area contributed by atoms with Gasteiger partial charge in [0.05, 0.1) is 21.3 Å². The van der Waals surface area contributed by atoms with E-state index in [0.29, 0.717) is 22.8 Å². The van der Waals surface area contributed by atoms with Gasteiger partial charge >= 0.3 is 5.97 Å². The molecule has 0 aliphatic heterocycles. The van der Waals surface area contributed by atoms with Crippen molar-refractivity contribution in [2.24, 2.45) is 0 Å². The third kappa shape index (κ3) is 2.37. The lowest BCUT2D eigenvalue weighted by molar-refractivity contribution is 0.0690. The monoisotopic (exact) mass is 279 g/mol. The van der Waals surface area contributed by atoms with Gasteiger partial charge in [-0.15, -0.1) is 0 Å². The predicted octanol–water partition coefficient (Wildman–Crippen LogP) is 2.07. The van der Waals surface area contributed by atoms with Gasteiger partial charge in [-0.25, -0.2) is 9.78 Å². The number of carboxylic acids is 1. The highest BCUT2D eigenvalue weighted by Gasteiger charge is 2.18. The minimum Gasteiger partial charge on any atom is -0.493 e. The molecular formula is C13H13NO6. The molecule has 7 heteroatoms. The van der Waals surface area contributed by atoms with Gasteiger partial charge in [0.2, 0.25) is 11.6 Å². The zero-order valence-corrected chi connectivity index (χ0v) is 11.2. The molecule has 0 radical (unpaired) electrons. The number of carbonyl (C=O) groups is 1. The van der Waals surface area contributed by atoms with Gasteiger partial charge < -0.3 is 23.7 Å². The Labute approximate surface area is 114 Å². The van der Waals surface area contributed by atoms with Gasteiger partial charge in [0.1, 0.15) is 6.26 Å². The first kappa shape index (κ1) is 13.7. The highest BCUT2D eigenvalue weighted by molar-refractivity contribution is 5.85. The minimum atomic E-state index is -1.16. The summed E-state index contributed by atoms with van der Waals surface area (Å²) < 4.78 is 20.7. The number of hydrogen-bond donors (Lipinski definition) is 1. The van der Waals surface area contributed by atoms with E-state index in [9.17, 15) is 4.79 Å². The van der Waals surface area contributed by atoms with Crippen LogP contribution in [0.1, 0.15) is 10.5 Å². The Morgan fingerprint density at radius 1 is 1.15 bits per heavy atom. The number of methoxy groups -OCH3 is 3. The maximum atomic E-state index is 10.8. The van der Waals surface area contributed by atoms with E-state index in [-0.39, 0.29) is 11.6 Å². The second-order valence-electron chi connectivity index (χ2n) is 3.76. The fourth-order valence-electron chi connectivity index (χ4n) is 1.71. The summed E-state index contributed by atoms with van der Waals surface area (Å²) in [6.45, 7) is 0. The number of oxazole rings is 1. The van der Waals surface area contributed by atoms with Gasteiger partial charge in [0.15, 0.2) is 17.2 Å². The Bertz CT molecular complexity index is 609. The summed E-state index contributed by atoms with van der Waals surface area (Å²) in [5.74, 6) is 0.284. The Hall–Kier alpha value is -2.70. The summed E-state index contributed by atoms with van der Waals surface area (Å²) in [6.07, 6.45) is 1.07. The Morgan fingerprint density at radius 2 is 1.75 bits per heavy atom. The van der Waals surface area contributed by atoms with Crippen molar-refractivity contribution in [2.75, 3.05) is 21.3 Å². The summed E-state index contributed by atoms with van der Waals surface area (Å²) in [7, 11) is 4.46. The van der Waals surface area contributed by atoms with E-state index < -0.39 is 5.97 Å². The molecule has 0 amide bonds. The van der Waals surface area contributed by atoms with Crippen molar-refractivity contribution in [1.82, 2.24) is 4.98 Å². The number of ether oxygens (including phenoxy) is 3. The summed E-state index contributed by atoms with van der Waals surface area (Å²) in [5, 5.41) is 8.84. The van der Waals surface area contributed by atoms with Gasteiger partial charge in [-0.05, 0) is 12.1 Å². The van der Waals surface area contributed by atoms with E-state index in [2.05, 4.69) is 4.98 Å². The minimum absolute atomic E-state index is 0.154. The van der Waals surface area contributed by atoms with Gasteiger partial charge in [-0.2, -0.15) is 0 Å². The average molecular weight is 279 g/mol. The number of hydrogen-bond acceptors (Lipinski definition) is 6. The Morgan fingerprint density at radius 3 is 2.15 bits per heavy atom. The molecule has 0 spiro atoms. The van der Waals surface area contributed by atoms with Crippen molar-refractivity contribution < 1.29 is 28.5 Å². The summed E-state index contributed by atoms with van der Waals surface area (Å²) in [4.78, 5) is 14.7. The molecule has 0 aliphatic rings. The smallest absolute Gasteiger partial charge is 0.357 e. The van der Waals surface area contributed by atoms with Crippen LogP contribution < -0.4 is 14.2 Å². The van der Waals surface area contributed by atoms with Crippen LogP contribution in [-0.4, -0.2) is 37.4 Å². The lowest BCUT2D eigenvalue weighted by Gasteiger charge is -2.12. The third-order valence-corrected chi connectivity index (χ3v) is 2.63. The van der Waals surface area contributed by atoms with Gasteiger partial charge in [0, 0.05) is 5.56 Å². The Balaban J connectivity index is 2.53. The quantitative estimate of drug-likeness (QED) is 0.895. The molecule has 1 aromatic heterocycles. The molecule has 0 aliphatic carbocycles. The maximum Gasteiger partial charge on any atom is 0.357 e. The van der Waals surface area contributed by atoms with Gasteiger partial charge in [0.25, 0.3) is 0 Å². The molecule has 1 aromatic carbocycles. The molecule has 0 atom stereocenters. The topological polar surface area (TPSA) is 91.0 Å². The summed E-state index contributed by atoms with van der Waals surface area (Å²) in [5.41, 5.74) is 0.348. The number of aromatic nitrogens is 1. The zero-order chi connectivity index (χ0) is 14.7. The molecule has 2 aromatic rings. The van der Waals surface area contributed by atoms with Gasteiger partial charge in [-0.1, -0.05) is 0 Å². The van der Waals surface area contributed by atoms with Crippen LogP contribution in [0.25, 0.3) is 11.5 Å². The van der Waals surface area contributed by atoms with Crippen LogP contribution in [0.5, 0.6) is 17.2 Å². The largest absolute Gasteiger partial charge is 0.493 e. The third-order valence-electron chi connectivity index (χ3n) is 2.63. The number of carboxylic acid groups (broad SMARTS) is 1. The highest BCUT2D eigenvalue weighted by atomic mass is 16.5. The SMILES string of the molecule is COc1cc(-c2nc(C(=O)O)co2)cc(OC)c1OC. The first-order valence-electron chi connectivity index (χ1n) is 5.60. The first-order valence-corrected chi connectivity index (χ1v) is 5.60. The molecule has 7 nitrogen and oxygen atoms in total. The van der Waals surface area contributed by atoms with Crippen LogP contribution >= 0.6 is 0 Å². The van der Waals surface area contributed by atoms with Crippen molar-refractivity contribution >= 4 is 5.97 Å². The number of aromatic carboxylic acids is 1. The molecule has 0 bridgehead atoms. The second-order valence-corrected chi connectivity index (χ2v) is 3.76. The van der Waals surface area contributed by atoms with Crippen LogP contribution in [0.2, 0.25) is 0 Å². The van der Waals surface area contributed by atoms with Crippen LogP contribution in [-0.2, 0) is 0 Å². The van der Waals surface area contributed by atoms with E-state index in [1.54, 1.807) is 12.1 Å². The van der Waals surface area contributed by atoms with Crippen molar-refractivity contribution in [1.29, 1.82) is 0 Å².